The zero-order valence-corrected chi connectivity index (χ0v) is 18.4. The van der Waals surface area contributed by atoms with E-state index < -0.39 is 0 Å². The smallest absolute Gasteiger partial charge is 0.251 e. The maximum atomic E-state index is 12.3. The van der Waals surface area contributed by atoms with Crippen LogP contribution in [0.1, 0.15) is 55.5 Å². The summed E-state index contributed by atoms with van der Waals surface area (Å²) in [7, 11) is 2.00. The van der Waals surface area contributed by atoms with Gasteiger partial charge in [-0.05, 0) is 30.5 Å². The monoisotopic (exact) mass is 420 g/mol. The lowest BCUT2D eigenvalue weighted by Crippen LogP contribution is -2.24. The zero-order valence-electron chi connectivity index (χ0n) is 16.9. The molecule has 0 radical (unpaired) electrons. The summed E-state index contributed by atoms with van der Waals surface area (Å²) < 4.78 is 0. The van der Waals surface area contributed by atoms with E-state index in [4.69, 9.17) is 11.6 Å². The van der Waals surface area contributed by atoms with Crippen molar-refractivity contribution in [3.05, 3.63) is 46.6 Å². The number of amides is 1. The number of nitrogens with one attached hydrogen (secondary N) is 1. The summed E-state index contributed by atoms with van der Waals surface area (Å²) in [6, 6.07) is 9.48. The van der Waals surface area contributed by atoms with Crippen LogP contribution in [0.2, 0.25) is 5.15 Å². The Morgan fingerprint density at radius 3 is 2.75 bits per heavy atom. The number of unbranched alkanes of at least 4 members (excludes halogenated alkanes) is 2. The molecule has 2 aromatic rings. The number of hydrogen-bond donors (Lipinski definition) is 1. The maximum Gasteiger partial charge on any atom is 0.251 e. The van der Waals surface area contributed by atoms with Gasteiger partial charge in [-0.1, -0.05) is 62.2 Å². The Hall–Kier alpha value is -1.79. The number of aromatic nitrogens is 2. The van der Waals surface area contributed by atoms with Crippen LogP contribution in [0.15, 0.2) is 35.5 Å². The Morgan fingerprint density at radius 2 is 2.00 bits per heavy atom. The molecule has 1 N–H and O–H groups in total. The normalized spacial score (nSPS) is 10.7. The molecule has 28 heavy (non-hydrogen) atoms. The molecule has 2 rings (SSSR count). The van der Waals surface area contributed by atoms with Gasteiger partial charge in [-0.25, -0.2) is 9.97 Å². The molecule has 0 saturated heterocycles. The van der Waals surface area contributed by atoms with Crippen LogP contribution in [-0.4, -0.2) is 36.0 Å². The van der Waals surface area contributed by atoms with Gasteiger partial charge in [0.15, 0.2) is 5.16 Å². The first-order valence-electron chi connectivity index (χ1n) is 9.79. The summed E-state index contributed by atoms with van der Waals surface area (Å²) in [6.45, 7) is 5.90. The van der Waals surface area contributed by atoms with E-state index in [9.17, 15) is 4.79 Å². The Morgan fingerprint density at radius 1 is 1.18 bits per heavy atom. The van der Waals surface area contributed by atoms with Crippen molar-refractivity contribution in [3.8, 4) is 0 Å². The fourth-order valence-corrected chi connectivity index (χ4v) is 3.75. The van der Waals surface area contributed by atoms with Crippen LogP contribution in [-0.2, 0) is 5.75 Å². The Kier molecular flexibility index (Phi) is 9.58. The van der Waals surface area contributed by atoms with Gasteiger partial charge in [0, 0.05) is 37.5 Å². The molecule has 0 saturated carbocycles. The second kappa shape index (κ2) is 11.9. The summed E-state index contributed by atoms with van der Waals surface area (Å²) in [5.74, 6) is 1.48. The summed E-state index contributed by atoms with van der Waals surface area (Å²) in [5.41, 5.74) is 1.74. The van der Waals surface area contributed by atoms with Crippen molar-refractivity contribution in [1.29, 1.82) is 0 Å². The first-order valence-corrected chi connectivity index (χ1v) is 11.2. The van der Waals surface area contributed by atoms with Gasteiger partial charge in [-0.15, -0.1) is 0 Å². The molecular weight excluding hydrogens is 392 g/mol. The highest BCUT2D eigenvalue weighted by Crippen LogP contribution is 2.24. The fourth-order valence-electron chi connectivity index (χ4n) is 2.72. The van der Waals surface area contributed by atoms with Crippen molar-refractivity contribution in [3.63, 3.8) is 0 Å². The van der Waals surface area contributed by atoms with Crippen LogP contribution in [0.4, 0.5) is 5.82 Å². The van der Waals surface area contributed by atoms with E-state index in [0.29, 0.717) is 21.6 Å². The number of halogens is 1. The first kappa shape index (κ1) is 22.5. The van der Waals surface area contributed by atoms with E-state index in [1.807, 2.05) is 31.3 Å². The summed E-state index contributed by atoms with van der Waals surface area (Å²) in [6.07, 6.45) is 4.32. The van der Waals surface area contributed by atoms with E-state index in [-0.39, 0.29) is 5.91 Å². The minimum atomic E-state index is -0.0227. The molecule has 1 aromatic heterocycles. The number of carbonyl (C=O) groups excluding carboxylic acids is 1. The highest BCUT2D eigenvalue weighted by molar-refractivity contribution is 7.98. The lowest BCUT2D eigenvalue weighted by molar-refractivity contribution is 0.0953. The van der Waals surface area contributed by atoms with Crippen molar-refractivity contribution in [1.82, 2.24) is 15.3 Å². The molecule has 0 atom stereocenters. The molecule has 1 amide bonds. The number of anilines is 1. The van der Waals surface area contributed by atoms with Crippen molar-refractivity contribution in [2.75, 3.05) is 25.0 Å². The van der Waals surface area contributed by atoms with E-state index in [2.05, 4.69) is 34.0 Å². The summed E-state index contributed by atoms with van der Waals surface area (Å²) in [5, 5.41) is 4.06. The molecule has 0 unspecified atom stereocenters. The summed E-state index contributed by atoms with van der Waals surface area (Å²) >= 11 is 7.69. The average Bonchev–Trinajstić information content (AvgIpc) is 2.69. The summed E-state index contributed by atoms with van der Waals surface area (Å²) in [4.78, 5) is 23.3. The molecule has 0 aliphatic heterocycles. The number of hydrogen-bond acceptors (Lipinski definition) is 5. The second-order valence-corrected chi connectivity index (χ2v) is 8.03. The average molecular weight is 421 g/mol. The predicted molar refractivity (Wildman–Crippen MR) is 118 cm³/mol. The minimum absolute atomic E-state index is 0.0227. The largest absolute Gasteiger partial charge is 0.360 e. The van der Waals surface area contributed by atoms with Gasteiger partial charge in [-0.3, -0.25) is 4.79 Å². The Bertz CT molecular complexity index is 772. The number of rotatable bonds is 11. The SMILES string of the molecule is CCCCCNC(=O)c1cccc(CSc2nc(Cl)cc(N(C)CCC)n2)c1. The zero-order chi connectivity index (χ0) is 20.4. The number of benzene rings is 1. The van der Waals surface area contributed by atoms with E-state index in [1.165, 1.54) is 11.8 Å². The van der Waals surface area contributed by atoms with Gasteiger partial charge in [0.1, 0.15) is 11.0 Å². The van der Waals surface area contributed by atoms with E-state index in [0.717, 1.165) is 50.2 Å². The lowest BCUT2D eigenvalue weighted by Gasteiger charge is -2.17. The van der Waals surface area contributed by atoms with Gasteiger partial charge in [0.25, 0.3) is 5.91 Å². The van der Waals surface area contributed by atoms with Crippen molar-refractivity contribution >= 4 is 35.1 Å². The Labute approximate surface area is 177 Å². The lowest BCUT2D eigenvalue weighted by atomic mass is 10.1. The maximum absolute atomic E-state index is 12.3. The standard InChI is InChI=1S/C21H29ClN4OS/c1-4-6-7-11-23-20(27)17-10-8-9-16(13-17)15-28-21-24-18(22)14-19(25-21)26(3)12-5-2/h8-10,13-14H,4-7,11-12,15H2,1-3H3,(H,23,27). The molecule has 0 spiro atoms. The molecular formula is C21H29ClN4OS. The van der Waals surface area contributed by atoms with E-state index in [1.54, 1.807) is 6.07 Å². The quantitative estimate of drug-likeness (QED) is 0.234. The molecule has 0 fully saturated rings. The van der Waals surface area contributed by atoms with Gasteiger partial charge in [-0.2, -0.15) is 0 Å². The first-order chi connectivity index (χ1) is 13.5. The van der Waals surface area contributed by atoms with Crippen molar-refractivity contribution < 1.29 is 4.79 Å². The van der Waals surface area contributed by atoms with Crippen LogP contribution in [0.25, 0.3) is 0 Å². The third kappa shape index (κ3) is 7.32. The van der Waals surface area contributed by atoms with Gasteiger partial charge in [0.2, 0.25) is 0 Å². The molecule has 5 nitrogen and oxygen atoms in total. The molecule has 1 aromatic carbocycles. The number of nitrogens with zero attached hydrogens (tertiary/aromatic N) is 3. The fraction of sp³-hybridized carbons (Fsp3) is 0.476. The van der Waals surface area contributed by atoms with Crippen LogP contribution >= 0.6 is 23.4 Å². The van der Waals surface area contributed by atoms with Crippen LogP contribution in [0, 0.1) is 0 Å². The third-order valence-electron chi connectivity index (χ3n) is 4.23. The van der Waals surface area contributed by atoms with Gasteiger partial charge < -0.3 is 10.2 Å². The van der Waals surface area contributed by atoms with Gasteiger partial charge in [0.05, 0.1) is 0 Å². The van der Waals surface area contributed by atoms with Crippen LogP contribution in [0.3, 0.4) is 0 Å². The number of carbonyl (C=O) groups is 1. The highest BCUT2D eigenvalue weighted by atomic mass is 35.5. The number of thioether (sulfide) groups is 1. The molecule has 0 aliphatic carbocycles. The van der Waals surface area contributed by atoms with Crippen LogP contribution in [0.5, 0.6) is 0 Å². The predicted octanol–water partition coefficient (Wildman–Crippen LogP) is 5.19. The Balaban J connectivity index is 1.98. The molecule has 0 aliphatic rings. The van der Waals surface area contributed by atoms with E-state index >= 15 is 0 Å². The molecule has 152 valence electrons. The molecule has 1 heterocycles. The molecule has 0 bridgehead atoms. The minimum Gasteiger partial charge on any atom is -0.360 e. The highest BCUT2D eigenvalue weighted by Gasteiger charge is 2.10. The topological polar surface area (TPSA) is 58.1 Å². The molecule has 7 heteroatoms. The van der Waals surface area contributed by atoms with Gasteiger partial charge >= 0.3 is 0 Å². The van der Waals surface area contributed by atoms with Crippen molar-refractivity contribution in [2.45, 2.75) is 50.4 Å². The third-order valence-corrected chi connectivity index (χ3v) is 5.35. The van der Waals surface area contributed by atoms with Crippen molar-refractivity contribution in [2.24, 2.45) is 0 Å². The van der Waals surface area contributed by atoms with Crippen LogP contribution < -0.4 is 10.2 Å². The second-order valence-electron chi connectivity index (χ2n) is 6.71.